The van der Waals surface area contributed by atoms with Crippen molar-refractivity contribution in [2.45, 2.75) is 0 Å². The summed E-state index contributed by atoms with van der Waals surface area (Å²) in [5, 5.41) is 0. The van der Waals surface area contributed by atoms with Gasteiger partial charge in [0.2, 0.25) is 0 Å². The van der Waals surface area contributed by atoms with Crippen LogP contribution in [-0.4, -0.2) is 15.0 Å². The molecule has 0 aliphatic carbocycles. The molecule has 10 heavy (non-hydrogen) atoms. The first kappa shape index (κ1) is 5.67. The van der Waals surface area contributed by atoms with Crippen molar-refractivity contribution < 1.29 is 4.39 Å². The van der Waals surface area contributed by atoms with Crippen LogP contribution >= 0.6 is 11.3 Å². The zero-order valence-electron chi connectivity index (χ0n) is 4.71. The van der Waals surface area contributed by atoms with Crippen molar-refractivity contribution in [1.82, 2.24) is 15.0 Å². The predicted molar refractivity (Wildman–Crippen MR) is 34.0 cm³/mol. The molecule has 1 radical (unpaired) electrons. The first-order valence-corrected chi connectivity index (χ1v) is 3.33. The lowest BCUT2D eigenvalue weighted by Gasteiger charge is -1.83. The summed E-state index contributed by atoms with van der Waals surface area (Å²) in [7, 11) is 0. The highest BCUT2D eigenvalue weighted by atomic mass is 32.1. The number of halogens is 1. The first-order chi connectivity index (χ1) is 4.86. The summed E-state index contributed by atoms with van der Waals surface area (Å²) in [6, 6.07) is 0. The lowest BCUT2D eigenvalue weighted by atomic mass is 10.6. The Bertz CT molecular complexity index is 358. The molecule has 0 saturated carbocycles. The third-order valence-electron chi connectivity index (χ3n) is 1.01. The Kier molecular flexibility index (Phi) is 1.10. The Morgan fingerprint density at radius 1 is 1.60 bits per heavy atom. The van der Waals surface area contributed by atoms with E-state index in [0.29, 0.717) is 5.65 Å². The normalized spacial score (nSPS) is 10.5. The van der Waals surface area contributed by atoms with Crippen molar-refractivity contribution in [1.29, 1.82) is 0 Å². The van der Waals surface area contributed by atoms with Gasteiger partial charge >= 0.3 is 6.08 Å². The van der Waals surface area contributed by atoms with E-state index in [1.807, 2.05) is 0 Å². The van der Waals surface area contributed by atoms with Crippen molar-refractivity contribution in [2.24, 2.45) is 0 Å². The minimum Gasteiger partial charge on any atom is -0.213 e. The molecule has 0 N–H and O–H groups in total. The maximum atomic E-state index is 12.2. The Balaban J connectivity index is 2.86. The van der Waals surface area contributed by atoms with E-state index in [1.54, 1.807) is 0 Å². The number of fused-ring (bicyclic) bond motifs is 1. The van der Waals surface area contributed by atoms with Gasteiger partial charge < -0.3 is 0 Å². The molecule has 0 bridgehead atoms. The molecule has 5 heteroatoms. The van der Waals surface area contributed by atoms with Gasteiger partial charge in [0.25, 0.3) is 0 Å². The zero-order chi connectivity index (χ0) is 6.97. The highest BCUT2D eigenvalue weighted by Gasteiger charge is 1.99. The molecular formula is C5HFN3S. The molecule has 0 fully saturated rings. The van der Waals surface area contributed by atoms with E-state index >= 15 is 0 Å². The van der Waals surface area contributed by atoms with Crippen LogP contribution < -0.4 is 0 Å². The minimum absolute atomic E-state index is 0.373. The van der Waals surface area contributed by atoms with Gasteiger partial charge in [0, 0.05) is 0 Å². The van der Waals surface area contributed by atoms with Crippen LogP contribution in [0, 0.1) is 11.6 Å². The molecule has 3 nitrogen and oxygen atoms in total. The fourth-order valence-corrected chi connectivity index (χ4v) is 1.13. The lowest BCUT2D eigenvalue weighted by Crippen LogP contribution is -1.86. The maximum absolute atomic E-state index is 12.2. The Morgan fingerprint density at radius 3 is 3.40 bits per heavy atom. The molecule has 0 saturated heterocycles. The van der Waals surface area contributed by atoms with Gasteiger partial charge in [-0.3, -0.25) is 0 Å². The van der Waals surface area contributed by atoms with Crippen molar-refractivity contribution in [3.05, 3.63) is 17.8 Å². The highest BCUT2D eigenvalue weighted by Crippen LogP contribution is 2.12. The summed E-state index contributed by atoms with van der Waals surface area (Å²) >= 11 is 1.27. The molecule has 0 aliphatic heterocycles. The van der Waals surface area contributed by atoms with Crippen LogP contribution in [0.25, 0.3) is 10.3 Å². The summed E-state index contributed by atoms with van der Waals surface area (Å²) in [5.74, 6) is 0. The highest BCUT2D eigenvalue weighted by molar-refractivity contribution is 7.16. The topological polar surface area (TPSA) is 38.7 Å². The van der Waals surface area contributed by atoms with E-state index in [4.69, 9.17) is 0 Å². The number of thiazole rings is 1. The number of nitrogens with zero attached hydrogens (tertiary/aromatic N) is 3. The molecule has 0 unspecified atom stereocenters. The van der Waals surface area contributed by atoms with Crippen LogP contribution in [0.2, 0.25) is 0 Å². The third kappa shape index (κ3) is 0.750. The van der Waals surface area contributed by atoms with Crippen LogP contribution in [-0.2, 0) is 0 Å². The van der Waals surface area contributed by atoms with Gasteiger partial charge in [0.15, 0.2) is 11.2 Å². The first-order valence-electron chi connectivity index (χ1n) is 2.51. The fraction of sp³-hybridized carbons (Fsp3) is 0. The Hall–Kier alpha value is -1.10. The van der Waals surface area contributed by atoms with E-state index in [0.717, 1.165) is 4.70 Å². The minimum atomic E-state index is -0.744. The summed E-state index contributed by atoms with van der Waals surface area (Å²) in [4.78, 5) is 10.5. The molecule has 0 aromatic carbocycles. The zero-order valence-corrected chi connectivity index (χ0v) is 5.52. The van der Waals surface area contributed by atoms with E-state index in [1.165, 1.54) is 17.5 Å². The second-order valence-electron chi connectivity index (χ2n) is 1.63. The second-order valence-corrected chi connectivity index (χ2v) is 2.46. The molecule has 2 aromatic heterocycles. The van der Waals surface area contributed by atoms with E-state index in [-0.39, 0.29) is 0 Å². The van der Waals surface area contributed by atoms with Gasteiger partial charge in [-0.2, -0.15) is 9.37 Å². The van der Waals surface area contributed by atoms with Crippen LogP contribution in [0.15, 0.2) is 6.20 Å². The van der Waals surface area contributed by atoms with Gasteiger partial charge in [0.1, 0.15) is 0 Å². The monoisotopic (exact) mass is 154 g/mol. The quantitative estimate of drug-likeness (QED) is 0.532. The van der Waals surface area contributed by atoms with Gasteiger partial charge in [-0.1, -0.05) is 0 Å². The van der Waals surface area contributed by atoms with Crippen LogP contribution in [0.4, 0.5) is 4.39 Å². The van der Waals surface area contributed by atoms with Crippen molar-refractivity contribution in [3.8, 4) is 0 Å². The largest absolute Gasteiger partial charge is 0.310 e. The van der Waals surface area contributed by atoms with E-state index in [9.17, 15) is 4.39 Å². The van der Waals surface area contributed by atoms with Gasteiger partial charge in [-0.25, -0.2) is 9.97 Å². The van der Waals surface area contributed by atoms with Gasteiger partial charge in [0.05, 0.1) is 10.9 Å². The third-order valence-corrected chi connectivity index (χ3v) is 1.70. The molecule has 0 atom stereocenters. The second kappa shape index (κ2) is 1.95. The molecule has 0 spiro atoms. The summed E-state index contributed by atoms with van der Waals surface area (Å²) < 4.78 is 13.0. The van der Waals surface area contributed by atoms with Crippen molar-refractivity contribution in [3.63, 3.8) is 0 Å². The lowest BCUT2D eigenvalue weighted by molar-refractivity contribution is 0.544. The molecule has 2 aromatic rings. The van der Waals surface area contributed by atoms with Crippen LogP contribution in [0.1, 0.15) is 0 Å². The summed E-state index contributed by atoms with van der Waals surface area (Å²) in [6.07, 6.45) is 0.651. The maximum Gasteiger partial charge on any atom is 0.310 e. The summed E-state index contributed by atoms with van der Waals surface area (Å²) in [5.41, 5.74) is 2.96. The van der Waals surface area contributed by atoms with E-state index < -0.39 is 6.08 Å². The van der Waals surface area contributed by atoms with Crippen LogP contribution in [0.3, 0.4) is 0 Å². The summed E-state index contributed by atoms with van der Waals surface area (Å²) in [6.45, 7) is 0. The number of hydrogen-bond donors (Lipinski definition) is 0. The van der Waals surface area contributed by atoms with Crippen molar-refractivity contribution >= 4 is 21.7 Å². The Morgan fingerprint density at radius 2 is 2.50 bits per heavy atom. The number of hydrogen-bond acceptors (Lipinski definition) is 4. The Labute approximate surface area is 59.6 Å². The molecule has 49 valence electrons. The molecule has 2 heterocycles. The average molecular weight is 154 g/mol. The van der Waals surface area contributed by atoms with Crippen molar-refractivity contribution in [2.75, 3.05) is 0 Å². The molecule has 0 amide bonds. The van der Waals surface area contributed by atoms with Crippen LogP contribution in [0.5, 0.6) is 0 Å². The van der Waals surface area contributed by atoms with Gasteiger partial charge in [-0.15, -0.1) is 11.3 Å². The smallest absolute Gasteiger partial charge is 0.213 e. The fourth-order valence-electron chi connectivity index (χ4n) is 0.608. The molecular weight excluding hydrogens is 153 g/mol. The standard InChI is InChI=1S/C5HFN3S/c6-5-7-1-3-4(9-5)8-2-10-3/h1H. The molecule has 0 aliphatic rings. The van der Waals surface area contributed by atoms with E-state index in [2.05, 4.69) is 20.5 Å². The van der Waals surface area contributed by atoms with Gasteiger partial charge in [-0.05, 0) is 0 Å². The number of rotatable bonds is 0. The predicted octanol–water partition coefficient (Wildman–Crippen LogP) is 1.03. The number of aromatic nitrogens is 3. The molecule has 2 rings (SSSR count). The average Bonchev–Trinajstić information content (AvgIpc) is 2.33. The SMILES string of the molecule is Fc1ncc2s[c]nc2n1.